The highest BCUT2D eigenvalue weighted by atomic mass is 35.5. The van der Waals surface area contributed by atoms with Crippen LogP contribution in [0.3, 0.4) is 0 Å². The number of rotatable bonds is 6. The number of halogens is 2. The van der Waals surface area contributed by atoms with E-state index in [2.05, 4.69) is 20.9 Å². The first-order valence-electron chi connectivity index (χ1n) is 10.9. The molecule has 2 fully saturated rings. The molecule has 3 N–H and O–H groups in total. The highest BCUT2D eigenvalue weighted by Gasteiger charge is 2.22. The Kier molecular flexibility index (Phi) is 7.37. The minimum atomic E-state index is -0.376. The van der Waals surface area contributed by atoms with Gasteiger partial charge in [-0.25, -0.2) is 9.37 Å². The van der Waals surface area contributed by atoms with E-state index in [9.17, 15) is 9.18 Å². The Hall–Kier alpha value is -2.22. The normalized spacial score (nSPS) is 19.7. The number of piperidine rings is 1. The van der Waals surface area contributed by atoms with Gasteiger partial charge in [0.2, 0.25) is 5.91 Å². The van der Waals surface area contributed by atoms with Crippen molar-refractivity contribution >= 4 is 29.0 Å². The third-order valence-corrected chi connectivity index (χ3v) is 6.27. The van der Waals surface area contributed by atoms with Crippen LogP contribution in [0.1, 0.15) is 25.7 Å². The van der Waals surface area contributed by atoms with Crippen LogP contribution < -0.4 is 16.0 Å². The summed E-state index contributed by atoms with van der Waals surface area (Å²) in [6.07, 6.45) is 5.31. The van der Waals surface area contributed by atoms with Gasteiger partial charge in [-0.15, -0.1) is 0 Å². The lowest BCUT2D eigenvalue weighted by Gasteiger charge is -2.23. The van der Waals surface area contributed by atoms with Gasteiger partial charge in [0, 0.05) is 49.3 Å². The van der Waals surface area contributed by atoms with Crippen molar-refractivity contribution in [2.45, 2.75) is 25.7 Å². The van der Waals surface area contributed by atoms with Crippen molar-refractivity contribution in [3.8, 4) is 11.1 Å². The molecule has 2 aliphatic heterocycles. The number of amides is 1. The van der Waals surface area contributed by atoms with Gasteiger partial charge in [-0.05, 0) is 62.4 Å². The number of hydrogen-bond donors (Lipinski definition) is 3. The minimum absolute atomic E-state index is 0.0830. The van der Waals surface area contributed by atoms with Gasteiger partial charge in [0.25, 0.3) is 0 Å². The summed E-state index contributed by atoms with van der Waals surface area (Å²) in [5, 5.41) is 9.82. The second-order valence-corrected chi connectivity index (χ2v) is 8.62. The molecule has 1 aromatic carbocycles. The van der Waals surface area contributed by atoms with Crippen molar-refractivity contribution in [1.82, 2.24) is 10.3 Å². The fourth-order valence-electron chi connectivity index (χ4n) is 4.07. The topological polar surface area (TPSA) is 75.3 Å². The predicted octanol–water partition coefficient (Wildman–Crippen LogP) is 4.32. The molecule has 0 aliphatic carbocycles. The Morgan fingerprint density at radius 2 is 2.06 bits per heavy atom. The molecule has 2 saturated heterocycles. The monoisotopic (exact) mass is 446 g/mol. The molecule has 0 saturated carbocycles. The molecule has 8 heteroatoms. The molecule has 4 rings (SSSR count). The number of benzene rings is 1. The lowest BCUT2D eigenvalue weighted by Crippen LogP contribution is -2.37. The second kappa shape index (κ2) is 10.4. The molecule has 0 spiro atoms. The molecular formula is C23H28ClFN4O2. The van der Waals surface area contributed by atoms with E-state index in [1.54, 1.807) is 18.2 Å². The SMILES string of the molecule is O=C(Nc1cc(-c2cc(NCC3CCOCC3)ccc2F)c(Cl)cn1)C1CCCNC1. The van der Waals surface area contributed by atoms with E-state index >= 15 is 0 Å². The number of anilines is 2. The van der Waals surface area contributed by atoms with E-state index in [4.69, 9.17) is 16.3 Å². The molecule has 0 radical (unpaired) electrons. The van der Waals surface area contributed by atoms with Crippen LogP contribution in [0.2, 0.25) is 5.02 Å². The van der Waals surface area contributed by atoms with Crippen LogP contribution in [-0.2, 0) is 9.53 Å². The van der Waals surface area contributed by atoms with Crippen molar-refractivity contribution in [1.29, 1.82) is 0 Å². The van der Waals surface area contributed by atoms with Gasteiger partial charge in [0.15, 0.2) is 0 Å². The van der Waals surface area contributed by atoms with E-state index in [1.807, 2.05) is 0 Å². The summed E-state index contributed by atoms with van der Waals surface area (Å²) < 4.78 is 20.1. The molecule has 1 amide bonds. The number of aromatic nitrogens is 1. The third-order valence-electron chi connectivity index (χ3n) is 5.97. The van der Waals surface area contributed by atoms with Crippen LogP contribution in [0, 0.1) is 17.7 Å². The zero-order valence-electron chi connectivity index (χ0n) is 17.4. The van der Waals surface area contributed by atoms with E-state index in [0.29, 0.717) is 34.4 Å². The number of pyridine rings is 1. The maximum Gasteiger partial charge on any atom is 0.229 e. The lowest BCUT2D eigenvalue weighted by atomic mass is 9.99. The summed E-state index contributed by atoms with van der Waals surface area (Å²) >= 11 is 6.35. The summed E-state index contributed by atoms with van der Waals surface area (Å²) in [6, 6.07) is 6.56. The summed E-state index contributed by atoms with van der Waals surface area (Å²) in [5.41, 5.74) is 1.70. The van der Waals surface area contributed by atoms with Crippen LogP contribution in [0.15, 0.2) is 30.5 Å². The fourth-order valence-corrected chi connectivity index (χ4v) is 4.28. The number of hydrogen-bond acceptors (Lipinski definition) is 5. The average molecular weight is 447 g/mol. The van der Waals surface area contributed by atoms with Gasteiger partial charge in [0.1, 0.15) is 11.6 Å². The Morgan fingerprint density at radius 1 is 1.23 bits per heavy atom. The summed E-state index contributed by atoms with van der Waals surface area (Å²) in [7, 11) is 0. The maximum absolute atomic E-state index is 14.7. The molecule has 2 aliphatic rings. The molecule has 1 aromatic heterocycles. The Labute approximate surface area is 186 Å². The smallest absolute Gasteiger partial charge is 0.229 e. The lowest BCUT2D eigenvalue weighted by molar-refractivity contribution is -0.120. The van der Waals surface area contributed by atoms with Crippen LogP contribution >= 0.6 is 11.6 Å². The zero-order chi connectivity index (χ0) is 21.6. The maximum atomic E-state index is 14.7. The highest BCUT2D eigenvalue weighted by molar-refractivity contribution is 6.33. The molecule has 1 atom stereocenters. The third kappa shape index (κ3) is 5.73. The minimum Gasteiger partial charge on any atom is -0.385 e. The standard InChI is InChI=1S/C23H28ClFN4O2/c24-20-14-28-22(29-23(30)16-2-1-7-26-13-16)11-18(20)19-10-17(3-4-21(19)25)27-12-15-5-8-31-9-6-15/h3-4,10-11,14-16,26-27H,1-2,5-9,12-13H2,(H,28,29,30). The Bertz CT molecular complexity index is 914. The van der Waals surface area contributed by atoms with Crippen LogP contribution in [0.25, 0.3) is 11.1 Å². The van der Waals surface area contributed by atoms with E-state index < -0.39 is 0 Å². The number of nitrogens with zero attached hydrogens (tertiary/aromatic N) is 1. The second-order valence-electron chi connectivity index (χ2n) is 8.21. The highest BCUT2D eigenvalue weighted by Crippen LogP contribution is 2.33. The number of carbonyl (C=O) groups excluding carboxylic acids is 1. The van der Waals surface area contributed by atoms with Crippen molar-refractivity contribution in [2.24, 2.45) is 11.8 Å². The van der Waals surface area contributed by atoms with Gasteiger partial charge in [0.05, 0.1) is 10.9 Å². The van der Waals surface area contributed by atoms with Crippen molar-refractivity contribution in [2.75, 3.05) is 43.5 Å². The van der Waals surface area contributed by atoms with Gasteiger partial charge >= 0.3 is 0 Å². The van der Waals surface area contributed by atoms with E-state index in [-0.39, 0.29) is 17.6 Å². The molecule has 31 heavy (non-hydrogen) atoms. The van der Waals surface area contributed by atoms with Gasteiger partial charge in [-0.3, -0.25) is 4.79 Å². The quantitative estimate of drug-likeness (QED) is 0.616. The summed E-state index contributed by atoms with van der Waals surface area (Å²) in [4.78, 5) is 16.8. The van der Waals surface area contributed by atoms with Crippen LogP contribution in [0.4, 0.5) is 15.9 Å². The number of carbonyl (C=O) groups is 1. The first-order valence-corrected chi connectivity index (χ1v) is 11.3. The molecule has 6 nitrogen and oxygen atoms in total. The Balaban J connectivity index is 1.49. The first kappa shape index (κ1) is 22.0. The molecule has 1 unspecified atom stereocenters. The molecule has 0 bridgehead atoms. The molecule has 3 heterocycles. The van der Waals surface area contributed by atoms with Crippen LogP contribution in [0.5, 0.6) is 0 Å². The summed E-state index contributed by atoms with van der Waals surface area (Å²) in [5.74, 6) is 0.362. The van der Waals surface area contributed by atoms with E-state index in [1.165, 1.54) is 12.3 Å². The van der Waals surface area contributed by atoms with Crippen molar-refractivity contribution in [3.63, 3.8) is 0 Å². The average Bonchev–Trinajstić information content (AvgIpc) is 2.81. The first-order chi connectivity index (χ1) is 15.1. The zero-order valence-corrected chi connectivity index (χ0v) is 18.2. The summed E-state index contributed by atoms with van der Waals surface area (Å²) in [6.45, 7) is 3.99. The van der Waals surface area contributed by atoms with E-state index in [0.717, 1.165) is 57.7 Å². The molecule has 166 valence electrons. The van der Waals surface area contributed by atoms with Gasteiger partial charge in [-0.2, -0.15) is 0 Å². The number of ether oxygens (including phenoxy) is 1. The fraction of sp³-hybridized carbons (Fsp3) is 0.478. The number of nitrogens with one attached hydrogen (secondary N) is 3. The Morgan fingerprint density at radius 3 is 2.84 bits per heavy atom. The van der Waals surface area contributed by atoms with Crippen molar-refractivity contribution in [3.05, 3.63) is 41.3 Å². The van der Waals surface area contributed by atoms with Gasteiger partial charge in [-0.1, -0.05) is 11.6 Å². The largest absolute Gasteiger partial charge is 0.385 e. The predicted molar refractivity (Wildman–Crippen MR) is 121 cm³/mol. The van der Waals surface area contributed by atoms with Gasteiger partial charge < -0.3 is 20.7 Å². The van der Waals surface area contributed by atoms with Crippen LogP contribution in [-0.4, -0.2) is 43.7 Å². The molecule has 2 aromatic rings. The molecular weight excluding hydrogens is 419 g/mol. The van der Waals surface area contributed by atoms with Crippen molar-refractivity contribution < 1.29 is 13.9 Å².